The normalized spacial score (nSPS) is 23.0. The molecule has 1 heterocycles. The summed E-state index contributed by atoms with van der Waals surface area (Å²) < 4.78 is 5.45. The van der Waals surface area contributed by atoms with Crippen molar-refractivity contribution >= 4 is 17.4 Å². The van der Waals surface area contributed by atoms with Gasteiger partial charge in [-0.25, -0.2) is 0 Å². The second-order valence-corrected chi connectivity index (χ2v) is 5.37. The molecule has 4 nitrogen and oxygen atoms in total. The molecule has 0 aromatic carbocycles. The summed E-state index contributed by atoms with van der Waals surface area (Å²) in [6, 6.07) is 0. The Labute approximate surface area is 113 Å². The molecule has 1 saturated carbocycles. The number of hydrogen-bond donors (Lipinski definition) is 1. The second-order valence-electron chi connectivity index (χ2n) is 4.75. The Morgan fingerprint density at radius 2 is 2.33 bits per heavy atom. The number of rotatable bonds is 6. The van der Waals surface area contributed by atoms with Crippen molar-refractivity contribution in [3.8, 4) is 5.88 Å². The Morgan fingerprint density at radius 3 is 3.06 bits per heavy atom. The van der Waals surface area contributed by atoms with Crippen LogP contribution >= 0.6 is 11.6 Å². The lowest BCUT2D eigenvalue weighted by Gasteiger charge is -2.11. The van der Waals surface area contributed by atoms with Gasteiger partial charge in [-0.2, -0.15) is 4.98 Å². The van der Waals surface area contributed by atoms with Gasteiger partial charge in [-0.1, -0.05) is 6.92 Å². The van der Waals surface area contributed by atoms with E-state index >= 15 is 0 Å². The Bertz CT molecular complexity index is 375. The van der Waals surface area contributed by atoms with Crippen LogP contribution in [0, 0.1) is 5.92 Å². The number of ether oxygens (including phenoxy) is 1. The average Bonchev–Trinajstić information content (AvgIpc) is 2.80. The first-order valence-electron chi connectivity index (χ1n) is 6.60. The number of hydrogen-bond acceptors (Lipinski definition) is 4. The van der Waals surface area contributed by atoms with Crippen LogP contribution in [0.1, 0.15) is 32.6 Å². The second kappa shape index (κ2) is 6.78. The van der Waals surface area contributed by atoms with Gasteiger partial charge in [0.1, 0.15) is 5.82 Å². The van der Waals surface area contributed by atoms with E-state index in [0.717, 1.165) is 31.6 Å². The molecule has 2 atom stereocenters. The highest BCUT2D eigenvalue weighted by molar-refractivity contribution is 6.20. The number of nitrogens with one attached hydrogen (secondary N) is 1. The van der Waals surface area contributed by atoms with Crippen LogP contribution in [0.3, 0.4) is 0 Å². The first-order chi connectivity index (χ1) is 8.78. The van der Waals surface area contributed by atoms with E-state index in [0.29, 0.717) is 23.8 Å². The summed E-state index contributed by atoms with van der Waals surface area (Å²) in [7, 11) is 0. The molecule has 2 rings (SSSR count). The largest absolute Gasteiger partial charge is 0.477 e. The highest BCUT2D eigenvalue weighted by atomic mass is 35.5. The summed E-state index contributed by atoms with van der Waals surface area (Å²) in [5.41, 5.74) is 0. The maximum Gasteiger partial charge on any atom is 0.234 e. The van der Waals surface area contributed by atoms with Crippen LogP contribution < -0.4 is 10.1 Å². The third-order valence-electron chi connectivity index (χ3n) is 3.12. The zero-order valence-electron chi connectivity index (χ0n) is 10.7. The van der Waals surface area contributed by atoms with Gasteiger partial charge in [-0.15, -0.1) is 11.6 Å². The summed E-state index contributed by atoms with van der Waals surface area (Å²) >= 11 is 6.10. The van der Waals surface area contributed by atoms with Crippen molar-refractivity contribution in [1.29, 1.82) is 0 Å². The van der Waals surface area contributed by atoms with Gasteiger partial charge < -0.3 is 10.1 Å². The fourth-order valence-electron chi connectivity index (χ4n) is 2.16. The van der Waals surface area contributed by atoms with Gasteiger partial charge in [0, 0.05) is 11.9 Å². The molecule has 2 unspecified atom stereocenters. The number of alkyl halides is 1. The van der Waals surface area contributed by atoms with Crippen molar-refractivity contribution < 1.29 is 4.74 Å². The van der Waals surface area contributed by atoms with Gasteiger partial charge in [0.2, 0.25) is 5.88 Å². The molecule has 1 aliphatic rings. The standard InChI is InChI=1S/C13H20ClN3O/c1-2-5-18-13-9-15-8-12(17-13)16-7-10-3-4-11(14)6-10/h8-11H,2-7H2,1H3,(H,16,17). The van der Waals surface area contributed by atoms with Crippen molar-refractivity contribution in [2.45, 2.75) is 38.0 Å². The minimum atomic E-state index is 0.349. The van der Waals surface area contributed by atoms with Gasteiger partial charge in [0.25, 0.3) is 0 Å². The van der Waals surface area contributed by atoms with E-state index in [1.54, 1.807) is 12.4 Å². The Balaban J connectivity index is 1.81. The average molecular weight is 270 g/mol. The molecule has 0 aliphatic heterocycles. The van der Waals surface area contributed by atoms with Gasteiger partial charge in [0.05, 0.1) is 19.0 Å². The lowest BCUT2D eigenvalue weighted by atomic mass is 10.1. The van der Waals surface area contributed by atoms with Crippen LogP contribution in [0.15, 0.2) is 12.4 Å². The first-order valence-corrected chi connectivity index (χ1v) is 7.04. The van der Waals surface area contributed by atoms with Gasteiger partial charge in [-0.3, -0.25) is 4.98 Å². The summed E-state index contributed by atoms with van der Waals surface area (Å²) in [6.07, 6.45) is 7.75. The summed E-state index contributed by atoms with van der Waals surface area (Å²) in [5.74, 6) is 2.01. The van der Waals surface area contributed by atoms with Crippen LogP contribution in [0.2, 0.25) is 0 Å². The summed E-state index contributed by atoms with van der Waals surface area (Å²) in [4.78, 5) is 8.48. The fraction of sp³-hybridized carbons (Fsp3) is 0.692. The quantitative estimate of drug-likeness (QED) is 0.806. The van der Waals surface area contributed by atoms with Gasteiger partial charge in [0.15, 0.2) is 0 Å². The number of anilines is 1. The Morgan fingerprint density at radius 1 is 1.44 bits per heavy atom. The van der Waals surface area contributed by atoms with Crippen LogP contribution in [0.5, 0.6) is 5.88 Å². The minimum Gasteiger partial charge on any atom is -0.477 e. The molecule has 1 aliphatic carbocycles. The molecule has 0 saturated heterocycles. The van der Waals surface area contributed by atoms with Crippen molar-refractivity contribution in [3.63, 3.8) is 0 Å². The molecule has 0 spiro atoms. The van der Waals surface area contributed by atoms with E-state index in [1.807, 2.05) is 0 Å². The number of halogens is 1. The van der Waals surface area contributed by atoms with E-state index in [9.17, 15) is 0 Å². The van der Waals surface area contributed by atoms with E-state index in [1.165, 1.54) is 6.42 Å². The van der Waals surface area contributed by atoms with E-state index in [4.69, 9.17) is 16.3 Å². The zero-order chi connectivity index (χ0) is 12.8. The highest BCUT2D eigenvalue weighted by Gasteiger charge is 2.22. The molecule has 18 heavy (non-hydrogen) atoms. The van der Waals surface area contributed by atoms with Gasteiger partial charge in [-0.05, 0) is 31.6 Å². The molecule has 5 heteroatoms. The van der Waals surface area contributed by atoms with Crippen molar-refractivity contribution in [2.75, 3.05) is 18.5 Å². The predicted molar refractivity (Wildman–Crippen MR) is 73.3 cm³/mol. The van der Waals surface area contributed by atoms with E-state index in [2.05, 4.69) is 22.2 Å². The van der Waals surface area contributed by atoms with Crippen LogP contribution in [-0.4, -0.2) is 28.5 Å². The van der Waals surface area contributed by atoms with Crippen molar-refractivity contribution in [3.05, 3.63) is 12.4 Å². The first kappa shape index (κ1) is 13.4. The fourth-order valence-corrected chi connectivity index (χ4v) is 2.54. The van der Waals surface area contributed by atoms with Crippen LogP contribution in [0.4, 0.5) is 5.82 Å². The topological polar surface area (TPSA) is 47.0 Å². The Kier molecular flexibility index (Phi) is 5.05. The molecule has 0 bridgehead atoms. The van der Waals surface area contributed by atoms with Crippen molar-refractivity contribution in [1.82, 2.24) is 9.97 Å². The molecule has 1 fully saturated rings. The third kappa shape index (κ3) is 4.02. The lowest BCUT2D eigenvalue weighted by molar-refractivity contribution is 0.304. The number of nitrogens with zero attached hydrogens (tertiary/aromatic N) is 2. The maximum absolute atomic E-state index is 6.10. The molecule has 1 aromatic rings. The maximum atomic E-state index is 6.10. The molecule has 0 radical (unpaired) electrons. The minimum absolute atomic E-state index is 0.349. The lowest BCUT2D eigenvalue weighted by Crippen LogP contribution is -2.13. The Hall–Kier alpha value is -1.03. The third-order valence-corrected chi connectivity index (χ3v) is 3.51. The van der Waals surface area contributed by atoms with Crippen LogP contribution in [-0.2, 0) is 0 Å². The monoisotopic (exact) mass is 269 g/mol. The molecule has 0 amide bonds. The summed E-state index contributed by atoms with van der Waals surface area (Å²) in [5, 5.41) is 3.66. The van der Waals surface area contributed by atoms with E-state index < -0.39 is 0 Å². The molecule has 100 valence electrons. The van der Waals surface area contributed by atoms with E-state index in [-0.39, 0.29) is 0 Å². The van der Waals surface area contributed by atoms with Gasteiger partial charge >= 0.3 is 0 Å². The van der Waals surface area contributed by atoms with Crippen molar-refractivity contribution in [2.24, 2.45) is 5.92 Å². The molecule has 1 aromatic heterocycles. The van der Waals surface area contributed by atoms with Crippen LogP contribution in [0.25, 0.3) is 0 Å². The SMILES string of the molecule is CCCOc1cncc(NCC2CCC(Cl)C2)n1. The molecular formula is C13H20ClN3O. The zero-order valence-corrected chi connectivity index (χ0v) is 11.5. The highest BCUT2D eigenvalue weighted by Crippen LogP contribution is 2.29. The predicted octanol–water partition coefficient (Wildman–Crippen LogP) is 3.08. The summed E-state index contributed by atoms with van der Waals surface area (Å²) in [6.45, 7) is 3.65. The smallest absolute Gasteiger partial charge is 0.234 e. The molecule has 1 N–H and O–H groups in total. The molecular weight excluding hydrogens is 250 g/mol. The number of aromatic nitrogens is 2.